The maximum atomic E-state index is 6.49. The molecule has 0 spiro atoms. The van der Waals surface area contributed by atoms with Crippen molar-refractivity contribution in [3.8, 4) is 11.1 Å². The van der Waals surface area contributed by atoms with E-state index in [4.69, 9.17) is 21.3 Å². The minimum atomic E-state index is 0.540. The van der Waals surface area contributed by atoms with Crippen LogP contribution < -0.4 is 0 Å². The molecule has 1 saturated heterocycles. The maximum Gasteiger partial charge on any atom is 0.145 e. The van der Waals surface area contributed by atoms with Crippen molar-refractivity contribution in [2.75, 3.05) is 26.3 Å². The summed E-state index contributed by atoms with van der Waals surface area (Å²) in [6.45, 7) is 4.09. The number of morpholine rings is 1. The Bertz CT molecular complexity index is 815. The van der Waals surface area contributed by atoms with Gasteiger partial charge in [-0.15, -0.1) is 11.3 Å². The molecule has 1 aliphatic rings. The van der Waals surface area contributed by atoms with Crippen LogP contribution in [0.2, 0.25) is 5.15 Å². The van der Waals surface area contributed by atoms with E-state index in [1.165, 1.54) is 0 Å². The van der Waals surface area contributed by atoms with Crippen molar-refractivity contribution in [2.45, 2.75) is 6.54 Å². The number of ether oxygens (including phenoxy) is 1. The molecule has 0 saturated carbocycles. The van der Waals surface area contributed by atoms with E-state index in [0.717, 1.165) is 60.0 Å². The average Bonchev–Trinajstić information content (AvgIpc) is 3.01. The monoisotopic (exact) mass is 345 g/mol. The Balaban J connectivity index is 1.69. The lowest BCUT2D eigenvalue weighted by Crippen LogP contribution is -2.36. The van der Waals surface area contributed by atoms with Crippen molar-refractivity contribution in [1.82, 2.24) is 14.9 Å². The molecule has 0 bridgehead atoms. The number of hydrogen-bond donors (Lipinski definition) is 0. The van der Waals surface area contributed by atoms with Crippen molar-refractivity contribution in [3.05, 3.63) is 46.7 Å². The summed E-state index contributed by atoms with van der Waals surface area (Å²) >= 11 is 8.11. The Labute approximate surface area is 143 Å². The molecule has 1 aliphatic heterocycles. The largest absolute Gasteiger partial charge is 0.379 e. The van der Waals surface area contributed by atoms with Gasteiger partial charge >= 0.3 is 0 Å². The van der Waals surface area contributed by atoms with Crippen LogP contribution in [0.5, 0.6) is 0 Å². The summed E-state index contributed by atoms with van der Waals surface area (Å²) in [5.74, 6) is 0.783. The molecule has 3 aromatic rings. The molecule has 118 valence electrons. The zero-order valence-electron chi connectivity index (χ0n) is 12.5. The topological polar surface area (TPSA) is 38.2 Å². The highest BCUT2D eigenvalue weighted by molar-refractivity contribution is 7.17. The van der Waals surface area contributed by atoms with Crippen LogP contribution in [0.4, 0.5) is 0 Å². The SMILES string of the molecule is Clc1nc(CN2CCOCC2)nc2scc(-c3ccccc3)c12. The zero-order chi connectivity index (χ0) is 15.6. The summed E-state index contributed by atoms with van der Waals surface area (Å²) in [6, 6.07) is 10.2. The molecule has 0 unspecified atom stereocenters. The Morgan fingerprint density at radius 2 is 1.91 bits per heavy atom. The number of hydrogen-bond acceptors (Lipinski definition) is 5. The van der Waals surface area contributed by atoms with E-state index in [9.17, 15) is 0 Å². The number of benzene rings is 1. The number of nitrogens with zero attached hydrogens (tertiary/aromatic N) is 3. The first-order valence-electron chi connectivity index (χ1n) is 7.60. The highest BCUT2D eigenvalue weighted by atomic mass is 35.5. The van der Waals surface area contributed by atoms with Gasteiger partial charge in [0.05, 0.1) is 25.1 Å². The molecule has 0 N–H and O–H groups in total. The van der Waals surface area contributed by atoms with Crippen molar-refractivity contribution in [3.63, 3.8) is 0 Å². The fourth-order valence-electron chi connectivity index (χ4n) is 2.80. The number of rotatable bonds is 3. The lowest BCUT2D eigenvalue weighted by atomic mass is 10.1. The van der Waals surface area contributed by atoms with Gasteiger partial charge in [-0.2, -0.15) is 0 Å². The van der Waals surface area contributed by atoms with Gasteiger partial charge in [0.1, 0.15) is 15.8 Å². The highest BCUT2D eigenvalue weighted by Crippen LogP contribution is 2.36. The second kappa shape index (κ2) is 6.53. The quantitative estimate of drug-likeness (QED) is 0.676. The average molecular weight is 346 g/mol. The summed E-state index contributed by atoms with van der Waals surface area (Å²) in [5, 5.41) is 3.60. The Morgan fingerprint density at radius 3 is 2.70 bits per heavy atom. The smallest absolute Gasteiger partial charge is 0.145 e. The van der Waals surface area contributed by atoms with Crippen LogP contribution in [0, 0.1) is 0 Å². The van der Waals surface area contributed by atoms with Gasteiger partial charge in [0.2, 0.25) is 0 Å². The van der Waals surface area contributed by atoms with Gasteiger partial charge < -0.3 is 4.74 Å². The molecule has 2 aromatic heterocycles. The van der Waals surface area contributed by atoms with Gasteiger partial charge in [-0.25, -0.2) is 9.97 Å². The Kier molecular flexibility index (Phi) is 4.27. The molecule has 3 heterocycles. The Morgan fingerprint density at radius 1 is 1.13 bits per heavy atom. The van der Waals surface area contributed by atoms with E-state index in [2.05, 4.69) is 27.4 Å². The third-order valence-electron chi connectivity index (χ3n) is 3.99. The van der Waals surface area contributed by atoms with Gasteiger partial charge in [-0.3, -0.25) is 4.90 Å². The zero-order valence-corrected chi connectivity index (χ0v) is 14.1. The Hall–Kier alpha value is -1.53. The van der Waals surface area contributed by atoms with E-state index in [-0.39, 0.29) is 0 Å². The molecule has 4 nitrogen and oxygen atoms in total. The molecule has 4 rings (SSSR count). The van der Waals surface area contributed by atoms with Crippen LogP contribution in [0.25, 0.3) is 21.3 Å². The first-order valence-corrected chi connectivity index (χ1v) is 8.86. The third-order valence-corrected chi connectivity index (χ3v) is 5.13. The third kappa shape index (κ3) is 3.10. The minimum Gasteiger partial charge on any atom is -0.379 e. The molecular formula is C17H16ClN3OS. The molecule has 0 amide bonds. The van der Waals surface area contributed by atoms with Gasteiger partial charge in [0.25, 0.3) is 0 Å². The summed E-state index contributed by atoms with van der Waals surface area (Å²) in [5.41, 5.74) is 2.25. The number of aromatic nitrogens is 2. The van der Waals surface area contributed by atoms with E-state index in [1.54, 1.807) is 11.3 Å². The normalized spacial score (nSPS) is 16.0. The lowest BCUT2D eigenvalue weighted by molar-refractivity contribution is 0.0331. The fraction of sp³-hybridized carbons (Fsp3) is 0.294. The van der Waals surface area contributed by atoms with Gasteiger partial charge in [0.15, 0.2) is 0 Å². The van der Waals surface area contributed by atoms with E-state index >= 15 is 0 Å². The molecular weight excluding hydrogens is 330 g/mol. The van der Waals surface area contributed by atoms with E-state index < -0.39 is 0 Å². The van der Waals surface area contributed by atoms with E-state index in [0.29, 0.717) is 5.15 Å². The summed E-state index contributed by atoms with van der Waals surface area (Å²) in [7, 11) is 0. The predicted octanol–water partition coefficient (Wildman–Crippen LogP) is 3.84. The predicted molar refractivity (Wildman–Crippen MR) is 94.0 cm³/mol. The van der Waals surface area contributed by atoms with Crippen molar-refractivity contribution in [1.29, 1.82) is 0 Å². The van der Waals surface area contributed by atoms with Crippen LogP contribution in [0.15, 0.2) is 35.7 Å². The highest BCUT2D eigenvalue weighted by Gasteiger charge is 2.17. The minimum absolute atomic E-state index is 0.540. The second-order valence-corrected chi connectivity index (χ2v) is 6.73. The second-order valence-electron chi connectivity index (χ2n) is 5.51. The maximum absolute atomic E-state index is 6.49. The van der Waals surface area contributed by atoms with Crippen molar-refractivity contribution < 1.29 is 4.74 Å². The molecule has 0 atom stereocenters. The van der Waals surface area contributed by atoms with Crippen molar-refractivity contribution in [2.24, 2.45) is 0 Å². The molecule has 0 aliphatic carbocycles. The molecule has 23 heavy (non-hydrogen) atoms. The van der Waals surface area contributed by atoms with Crippen LogP contribution in [-0.4, -0.2) is 41.2 Å². The van der Waals surface area contributed by atoms with Crippen molar-refractivity contribution >= 4 is 33.2 Å². The van der Waals surface area contributed by atoms with Crippen LogP contribution in [0.3, 0.4) is 0 Å². The molecule has 1 aromatic carbocycles. The lowest BCUT2D eigenvalue weighted by Gasteiger charge is -2.25. The summed E-state index contributed by atoms with van der Waals surface area (Å²) < 4.78 is 5.38. The number of halogens is 1. The summed E-state index contributed by atoms with van der Waals surface area (Å²) in [6.07, 6.45) is 0. The fourth-order valence-corrected chi connectivity index (χ4v) is 4.11. The molecule has 6 heteroatoms. The van der Waals surface area contributed by atoms with Gasteiger partial charge in [-0.05, 0) is 5.56 Å². The number of thiophene rings is 1. The molecule has 0 radical (unpaired) electrons. The standard InChI is InChI=1S/C17H16ClN3OS/c18-16-15-13(12-4-2-1-3-5-12)11-23-17(15)20-14(19-16)10-21-6-8-22-9-7-21/h1-5,11H,6-10H2. The first-order chi connectivity index (χ1) is 11.3. The van der Waals surface area contributed by atoms with Crippen LogP contribution in [0.1, 0.15) is 5.82 Å². The van der Waals surface area contributed by atoms with E-state index in [1.807, 2.05) is 18.2 Å². The number of fused-ring (bicyclic) bond motifs is 1. The molecule has 1 fully saturated rings. The van der Waals surface area contributed by atoms with Gasteiger partial charge in [-0.1, -0.05) is 41.9 Å². The van der Waals surface area contributed by atoms with Gasteiger partial charge in [0, 0.05) is 24.0 Å². The summed E-state index contributed by atoms with van der Waals surface area (Å²) in [4.78, 5) is 12.5. The first kappa shape index (κ1) is 15.0. The van der Waals surface area contributed by atoms with Crippen LogP contribution >= 0.6 is 22.9 Å². The van der Waals surface area contributed by atoms with Crippen LogP contribution in [-0.2, 0) is 11.3 Å².